The van der Waals surface area contributed by atoms with Gasteiger partial charge in [0, 0.05) is 32.7 Å². The first-order valence-corrected chi connectivity index (χ1v) is 17.3. The van der Waals surface area contributed by atoms with Gasteiger partial charge in [0.25, 0.3) is 0 Å². The Kier molecular flexibility index (Phi) is 14.0. The van der Waals surface area contributed by atoms with Crippen molar-refractivity contribution in [2.75, 3.05) is 53.6 Å². The Bertz CT molecular complexity index is 1190. The van der Waals surface area contributed by atoms with Crippen LogP contribution in [0.25, 0.3) is 0 Å². The third-order valence-corrected chi connectivity index (χ3v) is 9.21. The largest absolute Gasteiger partial charge is 0.397 e. The molecule has 2 amide bonds. The van der Waals surface area contributed by atoms with Crippen LogP contribution in [0.3, 0.4) is 0 Å². The summed E-state index contributed by atoms with van der Waals surface area (Å²) >= 11 is 0. The topological polar surface area (TPSA) is 73.6 Å². The van der Waals surface area contributed by atoms with E-state index in [1.165, 1.54) is 104 Å². The third-order valence-electron chi connectivity index (χ3n) is 9.21. The molecule has 0 aromatic heterocycles. The number of nitrogens with zero attached hydrogens (tertiary/aromatic N) is 2. The van der Waals surface area contributed by atoms with E-state index in [-0.39, 0.29) is 6.03 Å². The zero-order valence-corrected chi connectivity index (χ0v) is 28.6. The Morgan fingerprint density at radius 2 is 1.21 bits per heavy atom. The lowest BCUT2D eigenvalue weighted by molar-refractivity contribution is 0.252. The molecule has 2 aliphatic rings. The number of hydrogen-bond donors (Lipinski definition) is 3. The van der Waals surface area contributed by atoms with Crippen LogP contribution in [0.4, 0.5) is 27.5 Å². The Hall–Kier alpha value is -2.89. The molecular weight excluding hydrogens is 530 g/mol. The first-order chi connectivity index (χ1) is 20.7. The first kappa shape index (κ1) is 34.6. The molecular formula is C37H61N5O. The average Bonchev–Trinajstić information content (AvgIpc) is 3.60. The standard InChI is InChI=1S/C21H35N3O.C16H26N2/c1-5-7-9-10-13-24-14-11-18-16(3)15-17(4)19(20(18)24)23-21(25)22-12-8-6-2;1-4-5-6-7-9-18-10-8-14-12(2)11-13(3)15(17)16(14)18/h15H,5-14H2,1-4H3,(H2,22,23,25);11H,4-10,17H2,1-3H3. The fourth-order valence-corrected chi connectivity index (χ4v) is 6.69. The van der Waals surface area contributed by atoms with Crippen molar-refractivity contribution in [3.63, 3.8) is 0 Å². The van der Waals surface area contributed by atoms with Crippen LogP contribution in [0.1, 0.15) is 118 Å². The molecule has 4 rings (SSSR count). The molecule has 0 bridgehead atoms. The highest BCUT2D eigenvalue weighted by atomic mass is 16.2. The Morgan fingerprint density at radius 1 is 0.698 bits per heavy atom. The van der Waals surface area contributed by atoms with Gasteiger partial charge in [0.2, 0.25) is 0 Å². The van der Waals surface area contributed by atoms with E-state index >= 15 is 0 Å². The van der Waals surface area contributed by atoms with Gasteiger partial charge < -0.3 is 26.2 Å². The predicted octanol–water partition coefficient (Wildman–Crippen LogP) is 9.00. The number of amides is 2. The SMILES string of the molecule is CCCCCCN1CCc2c(C)cc(C)c(N)c21.CCCCCCN1CCc2c(C)cc(C)c(NC(=O)NCCCC)c21. The van der Waals surface area contributed by atoms with E-state index in [2.05, 4.69) is 81.0 Å². The fraction of sp³-hybridized carbons (Fsp3) is 0.649. The van der Waals surface area contributed by atoms with Crippen molar-refractivity contribution in [2.24, 2.45) is 0 Å². The zero-order chi connectivity index (χ0) is 31.4. The summed E-state index contributed by atoms with van der Waals surface area (Å²) in [6, 6.07) is 4.36. The van der Waals surface area contributed by atoms with Crippen molar-refractivity contribution in [1.29, 1.82) is 0 Å². The average molecular weight is 592 g/mol. The fourth-order valence-electron chi connectivity index (χ4n) is 6.69. The number of fused-ring (bicyclic) bond motifs is 2. The summed E-state index contributed by atoms with van der Waals surface area (Å²) < 4.78 is 0. The molecule has 2 aliphatic heterocycles. The van der Waals surface area contributed by atoms with Crippen LogP contribution < -0.4 is 26.2 Å². The van der Waals surface area contributed by atoms with Crippen LogP contribution in [0.15, 0.2) is 12.1 Å². The molecule has 0 aliphatic carbocycles. The van der Waals surface area contributed by atoms with Gasteiger partial charge >= 0.3 is 6.03 Å². The monoisotopic (exact) mass is 591 g/mol. The molecule has 2 aromatic rings. The summed E-state index contributed by atoms with van der Waals surface area (Å²) in [6.07, 6.45) is 14.7. The van der Waals surface area contributed by atoms with Crippen molar-refractivity contribution in [3.8, 4) is 0 Å². The number of carbonyl (C=O) groups excluding carboxylic acids is 1. The van der Waals surface area contributed by atoms with E-state index in [1.807, 2.05) is 0 Å². The lowest BCUT2D eigenvalue weighted by Crippen LogP contribution is -2.31. The number of nitrogens with two attached hydrogens (primary N) is 1. The van der Waals surface area contributed by atoms with E-state index in [9.17, 15) is 4.79 Å². The minimum atomic E-state index is -0.0829. The molecule has 6 nitrogen and oxygen atoms in total. The quantitative estimate of drug-likeness (QED) is 0.151. The number of carbonyl (C=O) groups is 1. The molecule has 0 saturated heterocycles. The minimum Gasteiger partial charge on any atom is -0.397 e. The van der Waals surface area contributed by atoms with Crippen LogP contribution in [0, 0.1) is 27.7 Å². The van der Waals surface area contributed by atoms with Crippen LogP contribution in [0.2, 0.25) is 0 Å². The molecule has 0 atom stereocenters. The molecule has 0 radical (unpaired) electrons. The summed E-state index contributed by atoms with van der Waals surface area (Å²) in [7, 11) is 0. The van der Waals surface area contributed by atoms with E-state index in [0.717, 1.165) is 62.4 Å². The number of unbranched alkanes of at least 4 members (excludes halogenated alkanes) is 7. The third kappa shape index (κ3) is 9.30. The van der Waals surface area contributed by atoms with E-state index in [4.69, 9.17) is 5.73 Å². The lowest BCUT2D eigenvalue weighted by atomic mass is 10.0. The molecule has 0 unspecified atom stereocenters. The van der Waals surface area contributed by atoms with Gasteiger partial charge in [-0.1, -0.05) is 77.8 Å². The second kappa shape index (κ2) is 17.4. The van der Waals surface area contributed by atoms with Gasteiger partial charge in [-0.3, -0.25) is 0 Å². The lowest BCUT2D eigenvalue weighted by Gasteiger charge is -2.24. The van der Waals surface area contributed by atoms with Gasteiger partial charge in [-0.25, -0.2) is 4.79 Å². The molecule has 4 N–H and O–H groups in total. The van der Waals surface area contributed by atoms with Gasteiger partial charge in [-0.05, 0) is 93.2 Å². The number of rotatable bonds is 14. The molecule has 2 aromatic carbocycles. The van der Waals surface area contributed by atoms with Crippen LogP contribution in [-0.2, 0) is 12.8 Å². The van der Waals surface area contributed by atoms with Gasteiger partial charge in [-0.2, -0.15) is 0 Å². The number of nitrogens with one attached hydrogen (secondary N) is 2. The van der Waals surface area contributed by atoms with Crippen LogP contribution >= 0.6 is 0 Å². The molecule has 0 saturated carbocycles. The Labute approximate surface area is 263 Å². The Morgan fingerprint density at radius 3 is 1.77 bits per heavy atom. The van der Waals surface area contributed by atoms with Crippen LogP contribution in [0.5, 0.6) is 0 Å². The highest BCUT2D eigenvalue weighted by molar-refractivity contribution is 5.96. The molecule has 2 heterocycles. The number of anilines is 4. The molecule has 0 fully saturated rings. The van der Waals surface area contributed by atoms with Crippen molar-refractivity contribution < 1.29 is 4.79 Å². The number of urea groups is 1. The summed E-state index contributed by atoms with van der Waals surface area (Å²) in [5, 5.41) is 6.11. The molecule has 0 spiro atoms. The van der Waals surface area contributed by atoms with E-state index < -0.39 is 0 Å². The highest BCUT2D eigenvalue weighted by Gasteiger charge is 2.26. The number of benzene rings is 2. The maximum absolute atomic E-state index is 12.3. The summed E-state index contributed by atoms with van der Waals surface area (Å²) in [4.78, 5) is 17.3. The maximum atomic E-state index is 12.3. The van der Waals surface area contributed by atoms with E-state index in [1.54, 1.807) is 0 Å². The number of aryl methyl sites for hydroxylation is 4. The molecule has 240 valence electrons. The van der Waals surface area contributed by atoms with Crippen molar-refractivity contribution in [2.45, 2.75) is 126 Å². The van der Waals surface area contributed by atoms with Gasteiger partial charge in [0.15, 0.2) is 0 Å². The van der Waals surface area contributed by atoms with Gasteiger partial charge in [-0.15, -0.1) is 0 Å². The number of hydrogen-bond acceptors (Lipinski definition) is 4. The van der Waals surface area contributed by atoms with Crippen LogP contribution in [-0.4, -0.2) is 38.8 Å². The zero-order valence-electron chi connectivity index (χ0n) is 28.6. The summed E-state index contributed by atoms with van der Waals surface area (Å²) in [5.74, 6) is 0. The van der Waals surface area contributed by atoms with Gasteiger partial charge in [0.05, 0.1) is 22.7 Å². The summed E-state index contributed by atoms with van der Waals surface area (Å²) in [5.41, 5.74) is 18.9. The smallest absolute Gasteiger partial charge is 0.319 e. The number of nitrogen functional groups attached to an aromatic ring is 1. The molecule has 6 heteroatoms. The van der Waals surface area contributed by atoms with Crippen molar-refractivity contribution in [1.82, 2.24) is 5.32 Å². The first-order valence-electron chi connectivity index (χ1n) is 17.3. The summed E-state index contributed by atoms with van der Waals surface area (Å²) in [6.45, 7) is 20.5. The van der Waals surface area contributed by atoms with E-state index in [0.29, 0.717) is 0 Å². The maximum Gasteiger partial charge on any atom is 0.319 e. The second-order valence-electron chi connectivity index (χ2n) is 12.8. The minimum absolute atomic E-state index is 0.0829. The van der Waals surface area contributed by atoms with Gasteiger partial charge in [0.1, 0.15) is 0 Å². The highest BCUT2D eigenvalue weighted by Crippen LogP contribution is 2.40. The predicted molar refractivity (Wildman–Crippen MR) is 188 cm³/mol. The Balaban J connectivity index is 0.000000248. The van der Waals surface area contributed by atoms with Crippen molar-refractivity contribution in [3.05, 3.63) is 45.5 Å². The molecule has 43 heavy (non-hydrogen) atoms. The second-order valence-corrected chi connectivity index (χ2v) is 12.8. The van der Waals surface area contributed by atoms with Crippen molar-refractivity contribution >= 4 is 28.8 Å². The normalized spacial score (nSPS) is 13.5.